The van der Waals surface area contributed by atoms with Gasteiger partial charge < -0.3 is 19.7 Å². The molecule has 5 saturated carbocycles. The molecule has 11 N–H and O–H groups in total. The Labute approximate surface area is 401 Å². The second kappa shape index (κ2) is 28.7. The average molecular weight is 1020 g/mol. The molecule has 1 aliphatic heterocycles. The summed E-state index contributed by atoms with van der Waals surface area (Å²) in [5.41, 5.74) is 0. The number of aliphatic hydroxyl groups excluding tert-OH is 2. The second-order valence-corrected chi connectivity index (χ2v) is 21.7. The SMILES string of the molecule is CCOC1CC(N=NC2C(SOOO)CC3CC(NC4NC(NCCO)NC(NCCS(=O)(=O)O)N4)CCC3C2O)C(OCC)CC1N=NC1CCC(N=NC2CCC(SOOO)CC2)CC1. The molecule has 0 aromatic rings. The summed E-state index contributed by atoms with van der Waals surface area (Å²) in [5, 5.41) is 95.0. The smallest absolute Gasteiger partial charge is 0.266 e. The van der Waals surface area contributed by atoms with Gasteiger partial charge in [0.15, 0.2) is 0 Å². The third-order valence-electron chi connectivity index (χ3n) is 13.7. The van der Waals surface area contributed by atoms with Crippen LogP contribution in [0.4, 0.5) is 0 Å². The normalized spacial score (nSPS) is 39.1. The van der Waals surface area contributed by atoms with Crippen molar-refractivity contribution in [2.75, 3.05) is 38.7 Å². The largest absolute Gasteiger partial charge is 0.395 e. The molecule has 25 nitrogen and oxygen atoms in total. The Bertz CT molecular complexity index is 1620. The summed E-state index contributed by atoms with van der Waals surface area (Å²) in [4.78, 5) is 0. The van der Waals surface area contributed by atoms with Gasteiger partial charge in [-0.1, -0.05) is 10.1 Å². The number of rotatable bonds is 25. The maximum absolute atomic E-state index is 12.0. The van der Waals surface area contributed by atoms with E-state index in [-0.39, 0.29) is 78.7 Å². The molecule has 0 bridgehead atoms. The number of hydrogen-bond donors (Lipinski definition) is 11. The van der Waals surface area contributed by atoms with Gasteiger partial charge in [0.25, 0.3) is 10.1 Å². The van der Waals surface area contributed by atoms with Gasteiger partial charge in [-0.2, -0.15) is 39.1 Å². The fourth-order valence-corrected chi connectivity index (χ4v) is 12.2. The highest BCUT2D eigenvalue weighted by Crippen LogP contribution is 2.46. The molecule has 6 aliphatic rings. The first kappa shape index (κ1) is 55.1. The molecule has 0 aromatic heterocycles. The standard InChI is InChI=1S/C39H74N12O13S3/c1-3-59-32-22-31(33(60-4-2)21-30(32)49-48-25-7-5-24(6-8-25)46-47-26-9-12-28(13-10-26)65-63-61-54)50-51-35-34(66-64-62-55)20-23-19-27(11-14-29(23)36(35)53)42-39-44-37(40-15-17-52)43-38(45-39)41-16-18-67(56,57)58/h23-45,52-55H,3-22H2,1-2H3,(H,56,57,58). The first-order chi connectivity index (χ1) is 32.5. The Balaban J connectivity index is 1.02. The molecular weight excluding hydrogens is 941 g/mol. The third kappa shape index (κ3) is 17.8. The van der Waals surface area contributed by atoms with Crippen LogP contribution in [0.15, 0.2) is 30.7 Å². The van der Waals surface area contributed by atoms with Gasteiger partial charge in [-0.05, 0) is 103 Å². The van der Waals surface area contributed by atoms with Crippen molar-refractivity contribution in [1.82, 2.24) is 31.9 Å². The van der Waals surface area contributed by atoms with Crippen LogP contribution in [0, 0.1) is 11.8 Å². The van der Waals surface area contributed by atoms with Gasteiger partial charge in [-0.15, -0.1) is 8.67 Å². The zero-order chi connectivity index (χ0) is 47.6. The minimum atomic E-state index is -4.14. The Hall–Kier alpha value is -1.23. The van der Waals surface area contributed by atoms with Crippen LogP contribution in [0.3, 0.4) is 0 Å². The minimum absolute atomic E-state index is 0.000216. The lowest BCUT2D eigenvalue weighted by molar-refractivity contribution is -0.432. The molecular formula is C39H74N12O13S3. The molecule has 0 spiro atoms. The lowest BCUT2D eigenvalue weighted by Crippen LogP contribution is -2.78. The van der Waals surface area contributed by atoms with Gasteiger partial charge in [0.1, 0.15) is 24.9 Å². The summed E-state index contributed by atoms with van der Waals surface area (Å²) in [6, 6.07) is -0.665. The molecule has 67 heavy (non-hydrogen) atoms. The molecule has 6 fully saturated rings. The molecule has 1 saturated heterocycles. The van der Waals surface area contributed by atoms with Crippen LogP contribution in [0.2, 0.25) is 0 Å². The number of hydrogen-bond acceptors (Lipinski definition) is 26. The average Bonchev–Trinajstić information content (AvgIpc) is 3.31. The van der Waals surface area contributed by atoms with E-state index in [1.165, 1.54) is 0 Å². The van der Waals surface area contributed by atoms with Gasteiger partial charge in [0.05, 0.1) is 66.1 Å². The van der Waals surface area contributed by atoms with Crippen LogP contribution < -0.4 is 31.9 Å². The van der Waals surface area contributed by atoms with Crippen molar-refractivity contribution < 1.29 is 61.9 Å². The van der Waals surface area contributed by atoms with E-state index < -0.39 is 52.1 Å². The number of azo groups is 3. The van der Waals surface area contributed by atoms with Gasteiger partial charge in [0, 0.05) is 74.5 Å². The van der Waals surface area contributed by atoms with Gasteiger partial charge in [-0.3, -0.25) is 36.5 Å². The molecule has 386 valence electrons. The van der Waals surface area contributed by atoms with E-state index in [0.717, 1.165) is 88.3 Å². The van der Waals surface area contributed by atoms with Gasteiger partial charge >= 0.3 is 0 Å². The van der Waals surface area contributed by atoms with E-state index in [1.807, 2.05) is 13.8 Å². The first-order valence-electron chi connectivity index (χ1n) is 23.9. The van der Waals surface area contributed by atoms with Crippen LogP contribution in [0.1, 0.15) is 104 Å². The number of aliphatic hydroxyl groups is 2. The number of nitrogens with zero attached hydrogens (tertiary/aromatic N) is 6. The highest BCUT2D eigenvalue weighted by Gasteiger charge is 2.48. The Morgan fingerprint density at radius 1 is 0.657 bits per heavy atom. The van der Waals surface area contributed by atoms with Crippen molar-refractivity contribution >= 4 is 34.2 Å². The molecule has 28 heteroatoms. The Kier molecular flexibility index (Phi) is 23.6. The quantitative estimate of drug-likeness (QED) is 0.0206. The highest BCUT2D eigenvalue weighted by molar-refractivity contribution is 7.95. The van der Waals surface area contributed by atoms with E-state index in [4.69, 9.17) is 49.9 Å². The molecule has 0 radical (unpaired) electrons. The molecule has 13 atom stereocenters. The van der Waals surface area contributed by atoms with Crippen molar-refractivity contribution in [2.24, 2.45) is 42.5 Å². The van der Waals surface area contributed by atoms with Crippen LogP contribution in [-0.4, -0.2) is 162 Å². The zero-order valence-electron chi connectivity index (χ0n) is 38.4. The Morgan fingerprint density at radius 2 is 1.19 bits per heavy atom. The number of nitrogens with one attached hydrogen (secondary N) is 6. The molecule has 0 amide bonds. The summed E-state index contributed by atoms with van der Waals surface area (Å²) >= 11 is 2.06. The number of fused-ring (bicyclic) bond motifs is 1. The van der Waals surface area contributed by atoms with Gasteiger partial charge in [-0.25, -0.2) is 10.5 Å². The van der Waals surface area contributed by atoms with Crippen LogP contribution in [-0.2, 0) is 38.3 Å². The van der Waals surface area contributed by atoms with Crippen molar-refractivity contribution in [3.05, 3.63) is 0 Å². The van der Waals surface area contributed by atoms with E-state index in [9.17, 15) is 23.2 Å². The fourth-order valence-electron chi connectivity index (χ4n) is 10.4. The maximum atomic E-state index is 12.0. The maximum Gasteiger partial charge on any atom is 0.266 e. The molecule has 1 heterocycles. The monoisotopic (exact) mass is 1010 g/mol. The fraction of sp³-hybridized carbons (Fsp3) is 1.00. The van der Waals surface area contributed by atoms with Crippen molar-refractivity contribution in [3.8, 4) is 0 Å². The minimum Gasteiger partial charge on any atom is -0.395 e. The lowest BCUT2D eigenvalue weighted by atomic mass is 9.66. The summed E-state index contributed by atoms with van der Waals surface area (Å²) < 4.78 is 53.9. The summed E-state index contributed by atoms with van der Waals surface area (Å²) in [6.45, 7) is 5.12. The third-order valence-corrected chi connectivity index (χ3v) is 16.2. The zero-order valence-corrected chi connectivity index (χ0v) is 40.8. The topological polar surface area (TPSA) is 337 Å². The van der Waals surface area contributed by atoms with Gasteiger partial charge in [0.2, 0.25) is 0 Å². The molecule has 0 aromatic carbocycles. The van der Waals surface area contributed by atoms with Crippen molar-refractivity contribution in [3.63, 3.8) is 0 Å². The Morgan fingerprint density at radius 3 is 1.76 bits per heavy atom. The summed E-state index contributed by atoms with van der Waals surface area (Å²) in [7, 11) is -4.14. The predicted octanol–water partition coefficient (Wildman–Crippen LogP) is 3.01. The van der Waals surface area contributed by atoms with Crippen LogP contribution >= 0.6 is 24.1 Å². The van der Waals surface area contributed by atoms with E-state index in [2.05, 4.69) is 51.4 Å². The van der Waals surface area contributed by atoms with Crippen LogP contribution in [0.25, 0.3) is 0 Å². The van der Waals surface area contributed by atoms with Crippen molar-refractivity contribution in [2.45, 2.75) is 194 Å². The lowest BCUT2D eigenvalue weighted by Gasteiger charge is -2.48. The summed E-state index contributed by atoms with van der Waals surface area (Å²) in [6.07, 6.45) is 8.44. The number of ether oxygens (including phenoxy) is 2. The van der Waals surface area contributed by atoms with Crippen LogP contribution in [0.5, 0.6) is 0 Å². The van der Waals surface area contributed by atoms with E-state index >= 15 is 0 Å². The highest BCUT2D eigenvalue weighted by atomic mass is 32.2. The first-order valence-corrected chi connectivity index (χ1v) is 27.2. The van der Waals surface area contributed by atoms with Crippen molar-refractivity contribution in [1.29, 1.82) is 0 Å². The molecule has 6 rings (SSSR count). The van der Waals surface area contributed by atoms with E-state index in [1.54, 1.807) is 0 Å². The molecule has 13 unspecified atom stereocenters. The predicted molar refractivity (Wildman–Crippen MR) is 245 cm³/mol. The second-order valence-electron chi connectivity index (χ2n) is 18.2. The molecule has 5 aliphatic carbocycles. The summed E-state index contributed by atoms with van der Waals surface area (Å²) in [5.74, 6) is -0.445. The van der Waals surface area contributed by atoms with E-state index in [0.29, 0.717) is 45.4 Å².